The lowest BCUT2D eigenvalue weighted by atomic mass is 10.3. The van der Waals surface area contributed by atoms with Crippen LogP contribution in [0.5, 0.6) is 5.75 Å². The molecule has 2 heterocycles. The van der Waals surface area contributed by atoms with Crippen LogP contribution in [0.25, 0.3) is 0 Å². The van der Waals surface area contributed by atoms with Crippen LogP contribution in [-0.4, -0.2) is 29.9 Å². The average Bonchev–Trinajstić information content (AvgIpc) is 2.54. The van der Waals surface area contributed by atoms with Gasteiger partial charge in [-0.3, -0.25) is 14.5 Å². The third-order valence-electron chi connectivity index (χ3n) is 3.27. The van der Waals surface area contributed by atoms with Crippen molar-refractivity contribution in [2.75, 3.05) is 29.1 Å². The highest BCUT2D eigenvalue weighted by Crippen LogP contribution is 2.31. The molecule has 1 aromatic heterocycles. The molecule has 1 aromatic carbocycles. The Hall–Kier alpha value is -2.51. The molecule has 0 fully saturated rings. The summed E-state index contributed by atoms with van der Waals surface area (Å²) in [5.41, 5.74) is 6.00. The molecule has 1 aliphatic rings. The number of aromatic nitrogens is 1. The van der Waals surface area contributed by atoms with Crippen molar-refractivity contribution in [3.63, 3.8) is 0 Å². The van der Waals surface area contributed by atoms with Crippen molar-refractivity contribution in [2.45, 2.75) is 0 Å². The minimum Gasteiger partial charge on any atom is -0.480 e. The molecule has 0 saturated carbocycles. The van der Waals surface area contributed by atoms with Crippen LogP contribution in [0.15, 0.2) is 30.3 Å². The van der Waals surface area contributed by atoms with E-state index in [0.717, 1.165) is 0 Å². The first-order valence-electron chi connectivity index (χ1n) is 6.88. The van der Waals surface area contributed by atoms with E-state index in [4.69, 9.17) is 33.7 Å². The number of halogens is 2. The molecule has 0 atom stereocenters. The van der Waals surface area contributed by atoms with Crippen LogP contribution in [0.2, 0.25) is 10.0 Å². The molecule has 1 aliphatic heterocycles. The van der Waals surface area contributed by atoms with Crippen molar-refractivity contribution < 1.29 is 14.3 Å². The zero-order valence-electron chi connectivity index (χ0n) is 12.3. The highest BCUT2D eigenvalue weighted by atomic mass is 35.5. The SMILES string of the molecule is Nc1ccc2c(n1)N(CC(=O)Nc1cc(Cl)ccc1Cl)C(=O)CO2. The summed E-state index contributed by atoms with van der Waals surface area (Å²) in [7, 11) is 0. The molecule has 0 radical (unpaired) electrons. The molecule has 2 amide bonds. The highest BCUT2D eigenvalue weighted by Gasteiger charge is 2.29. The fraction of sp³-hybridized carbons (Fsp3) is 0.133. The van der Waals surface area contributed by atoms with Crippen LogP contribution < -0.4 is 20.7 Å². The number of benzene rings is 1. The molecule has 7 nitrogen and oxygen atoms in total. The number of carbonyl (C=O) groups is 2. The number of nitrogens with zero attached hydrogens (tertiary/aromatic N) is 2. The largest absolute Gasteiger partial charge is 0.480 e. The van der Waals surface area contributed by atoms with Crippen LogP contribution in [-0.2, 0) is 9.59 Å². The second kappa shape index (κ2) is 6.54. The molecule has 2 aromatic rings. The minimum atomic E-state index is -0.454. The van der Waals surface area contributed by atoms with Crippen molar-refractivity contribution in [2.24, 2.45) is 0 Å². The normalized spacial score (nSPS) is 13.2. The number of ether oxygens (including phenoxy) is 1. The molecule has 24 heavy (non-hydrogen) atoms. The van der Waals surface area contributed by atoms with Gasteiger partial charge in [-0.25, -0.2) is 4.98 Å². The number of nitrogens with one attached hydrogen (secondary N) is 1. The average molecular weight is 367 g/mol. The van der Waals surface area contributed by atoms with Gasteiger partial charge < -0.3 is 15.8 Å². The van der Waals surface area contributed by atoms with Crippen LogP contribution in [0.1, 0.15) is 0 Å². The quantitative estimate of drug-likeness (QED) is 0.868. The summed E-state index contributed by atoms with van der Waals surface area (Å²) in [4.78, 5) is 29.6. The van der Waals surface area contributed by atoms with Gasteiger partial charge in [0.25, 0.3) is 5.91 Å². The number of anilines is 3. The maximum absolute atomic E-state index is 12.3. The predicted octanol–water partition coefficient (Wildman–Crippen LogP) is 2.33. The monoisotopic (exact) mass is 366 g/mol. The second-order valence-electron chi connectivity index (χ2n) is 5.00. The number of amides is 2. The van der Waals surface area contributed by atoms with Crippen molar-refractivity contribution in [1.82, 2.24) is 4.98 Å². The van der Waals surface area contributed by atoms with Gasteiger partial charge in [0.1, 0.15) is 12.4 Å². The maximum Gasteiger partial charge on any atom is 0.266 e. The number of nitrogens with two attached hydrogens (primary N) is 1. The van der Waals surface area contributed by atoms with Gasteiger partial charge in [0.15, 0.2) is 18.2 Å². The lowest BCUT2D eigenvalue weighted by Crippen LogP contribution is -2.44. The van der Waals surface area contributed by atoms with E-state index in [0.29, 0.717) is 21.5 Å². The first kappa shape index (κ1) is 16.4. The molecule has 3 N–H and O–H groups in total. The van der Waals surface area contributed by atoms with Crippen molar-refractivity contribution in [3.8, 4) is 5.75 Å². The third kappa shape index (κ3) is 3.37. The molecule has 3 rings (SSSR count). The van der Waals surface area contributed by atoms with E-state index < -0.39 is 11.8 Å². The van der Waals surface area contributed by atoms with E-state index in [-0.39, 0.29) is 24.8 Å². The third-order valence-corrected chi connectivity index (χ3v) is 3.84. The van der Waals surface area contributed by atoms with Gasteiger partial charge in [-0.05, 0) is 30.3 Å². The van der Waals surface area contributed by atoms with E-state index in [1.807, 2.05) is 0 Å². The smallest absolute Gasteiger partial charge is 0.266 e. The Morgan fingerprint density at radius 3 is 2.92 bits per heavy atom. The Kier molecular flexibility index (Phi) is 4.46. The number of hydrogen-bond donors (Lipinski definition) is 2. The molecule has 0 spiro atoms. The van der Waals surface area contributed by atoms with Crippen molar-refractivity contribution in [3.05, 3.63) is 40.4 Å². The second-order valence-corrected chi connectivity index (χ2v) is 5.84. The maximum atomic E-state index is 12.3. The fourth-order valence-electron chi connectivity index (χ4n) is 2.18. The Morgan fingerprint density at radius 1 is 1.33 bits per heavy atom. The van der Waals surface area contributed by atoms with E-state index in [2.05, 4.69) is 10.3 Å². The lowest BCUT2D eigenvalue weighted by Gasteiger charge is -2.27. The number of carbonyl (C=O) groups excluding carboxylic acids is 2. The Morgan fingerprint density at radius 2 is 2.12 bits per heavy atom. The van der Waals surface area contributed by atoms with Crippen LogP contribution in [0, 0.1) is 0 Å². The van der Waals surface area contributed by atoms with Gasteiger partial charge in [0, 0.05) is 5.02 Å². The van der Waals surface area contributed by atoms with Gasteiger partial charge in [-0.15, -0.1) is 0 Å². The van der Waals surface area contributed by atoms with Gasteiger partial charge >= 0.3 is 0 Å². The Labute approximate surface area is 147 Å². The summed E-state index contributed by atoms with van der Waals surface area (Å²) < 4.78 is 5.28. The molecule has 9 heteroatoms. The highest BCUT2D eigenvalue weighted by molar-refractivity contribution is 6.35. The first-order valence-corrected chi connectivity index (χ1v) is 7.64. The van der Waals surface area contributed by atoms with Gasteiger partial charge in [0.2, 0.25) is 5.91 Å². The Bertz CT molecular complexity index is 828. The fourth-order valence-corrected chi connectivity index (χ4v) is 2.52. The summed E-state index contributed by atoms with van der Waals surface area (Å²) >= 11 is 11.9. The summed E-state index contributed by atoms with van der Waals surface area (Å²) in [6, 6.07) is 7.85. The van der Waals surface area contributed by atoms with E-state index in [1.165, 1.54) is 11.0 Å². The number of pyridine rings is 1. The molecule has 0 unspecified atom stereocenters. The standard InChI is InChI=1S/C15H12Cl2N4O3/c16-8-1-2-9(17)10(5-8)19-13(22)6-21-14(23)7-24-11-3-4-12(18)20-15(11)21/h1-5H,6-7H2,(H2,18,20)(H,19,22). The number of nitrogen functional groups attached to an aromatic ring is 1. The molecular formula is C15H12Cl2N4O3. The van der Waals surface area contributed by atoms with Gasteiger partial charge in [0.05, 0.1) is 10.7 Å². The zero-order valence-corrected chi connectivity index (χ0v) is 13.8. The Balaban J connectivity index is 1.80. The first-order chi connectivity index (χ1) is 11.4. The topological polar surface area (TPSA) is 97.5 Å². The van der Waals surface area contributed by atoms with E-state index >= 15 is 0 Å². The number of fused-ring (bicyclic) bond motifs is 1. The van der Waals surface area contributed by atoms with E-state index in [1.54, 1.807) is 24.3 Å². The van der Waals surface area contributed by atoms with Crippen LogP contribution in [0.4, 0.5) is 17.3 Å². The van der Waals surface area contributed by atoms with Crippen LogP contribution in [0.3, 0.4) is 0 Å². The summed E-state index contributed by atoms with van der Waals surface area (Å²) in [6.07, 6.45) is 0. The van der Waals surface area contributed by atoms with Gasteiger partial charge in [-0.1, -0.05) is 23.2 Å². The summed E-state index contributed by atoms with van der Waals surface area (Å²) in [5, 5.41) is 3.38. The number of rotatable bonds is 3. The van der Waals surface area contributed by atoms with E-state index in [9.17, 15) is 9.59 Å². The van der Waals surface area contributed by atoms with Crippen LogP contribution >= 0.6 is 23.2 Å². The lowest BCUT2D eigenvalue weighted by molar-refractivity contribution is -0.123. The molecule has 124 valence electrons. The molecule has 0 bridgehead atoms. The van der Waals surface area contributed by atoms with Gasteiger partial charge in [-0.2, -0.15) is 0 Å². The zero-order chi connectivity index (χ0) is 17.3. The minimum absolute atomic E-state index is 0.177. The van der Waals surface area contributed by atoms with Crippen molar-refractivity contribution >= 4 is 52.3 Å². The number of hydrogen-bond acceptors (Lipinski definition) is 5. The van der Waals surface area contributed by atoms with Crippen molar-refractivity contribution in [1.29, 1.82) is 0 Å². The molecular weight excluding hydrogens is 355 g/mol. The summed E-state index contributed by atoms with van der Waals surface area (Å²) in [6.45, 7) is -0.432. The molecule has 0 aliphatic carbocycles. The summed E-state index contributed by atoms with van der Waals surface area (Å²) in [5.74, 6) is -0.0381. The predicted molar refractivity (Wildman–Crippen MR) is 91.6 cm³/mol. The molecule has 0 saturated heterocycles.